The van der Waals surface area contributed by atoms with Crippen LogP contribution in [0.15, 0.2) is 0 Å². The van der Waals surface area contributed by atoms with Gasteiger partial charge in [0.15, 0.2) is 0 Å². The van der Waals surface area contributed by atoms with Gasteiger partial charge in [0.25, 0.3) is 0 Å². The Morgan fingerprint density at radius 1 is 1.06 bits per heavy atom. The summed E-state index contributed by atoms with van der Waals surface area (Å²) < 4.78 is 0. The fraction of sp³-hybridized carbons (Fsp3) is 0.818. The maximum Gasteiger partial charge on any atom is 0.227 e. The van der Waals surface area contributed by atoms with Crippen LogP contribution in [0.4, 0.5) is 0 Å². The minimum absolute atomic E-state index is 0.104. The average Bonchev–Trinajstić information content (AvgIpc) is 2.09. The van der Waals surface area contributed by atoms with Crippen molar-refractivity contribution in [2.24, 2.45) is 11.1 Å². The Morgan fingerprint density at radius 3 is 1.88 bits per heavy atom. The number of hydrogen-bond acceptors (Lipinski definition) is 3. The molecule has 2 amide bonds. The quantitative estimate of drug-likeness (QED) is 0.580. The molecule has 94 valence electrons. The van der Waals surface area contributed by atoms with E-state index in [-0.39, 0.29) is 11.8 Å². The standard InChI is InChI=1S/C11H23N3O2/c1-8(15)13-6-7-14-9(16)10(2,3)11(4,5)12/h6-7,12H2,1-5H3,(H,13,15)(H,14,16). The van der Waals surface area contributed by atoms with Gasteiger partial charge in [-0.1, -0.05) is 0 Å². The normalized spacial score (nSPS) is 12.1. The summed E-state index contributed by atoms with van der Waals surface area (Å²) in [5.74, 6) is -0.210. The lowest BCUT2D eigenvalue weighted by atomic mass is 9.74. The third kappa shape index (κ3) is 4.18. The van der Waals surface area contributed by atoms with Crippen molar-refractivity contribution in [2.45, 2.75) is 40.2 Å². The zero-order valence-corrected chi connectivity index (χ0v) is 10.8. The number of hydrogen-bond donors (Lipinski definition) is 3. The molecule has 0 aromatic heterocycles. The summed E-state index contributed by atoms with van der Waals surface area (Å²) in [6, 6.07) is 0. The number of nitrogens with one attached hydrogen (secondary N) is 2. The summed E-state index contributed by atoms with van der Waals surface area (Å²) in [6.07, 6.45) is 0. The molecular formula is C11H23N3O2. The van der Waals surface area contributed by atoms with E-state index in [0.29, 0.717) is 13.1 Å². The number of carbonyl (C=O) groups is 2. The van der Waals surface area contributed by atoms with Crippen molar-refractivity contribution >= 4 is 11.8 Å². The van der Waals surface area contributed by atoms with Crippen molar-refractivity contribution in [3.8, 4) is 0 Å². The van der Waals surface area contributed by atoms with Gasteiger partial charge in [0, 0.05) is 25.6 Å². The van der Waals surface area contributed by atoms with Gasteiger partial charge in [-0.05, 0) is 27.7 Å². The zero-order valence-electron chi connectivity index (χ0n) is 10.8. The first-order valence-electron chi connectivity index (χ1n) is 5.40. The van der Waals surface area contributed by atoms with Crippen LogP contribution in [0, 0.1) is 5.41 Å². The largest absolute Gasteiger partial charge is 0.355 e. The van der Waals surface area contributed by atoms with Crippen LogP contribution in [0.2, 0.25) is 0 Å². The van der Waals surface area contributed by atoms with Crippen molar-refractivity contribution in [2.75, 3.05) is 13.1 Å². The Labute approximate surface area is 97.2 Å². The maximum atomic E-state index is 11.9. The highest BCUT2D eigenvalue weighted by Gasteiger charge is 2.40. The average molecular weight is 229 g/mol. The summed E-state index contributed by atoms with van der Waals surface area (Å²) in [5, 5.41) is 5.36. The number of carbonyl (C=O) groups excluding carboxylic acids is 2. The molecule has 5 nitrogen and oxygen atoms in total. The van der Waals surface area contributed by atoms with Gasteiger partial charge in [-0.2, -0.15) is 0 Å². The van der Waals surface area contributed by atoms with E-state index in [4.69, 9.17) is 5.73 Å². The van der Waals surface area contributed by atoms with Gasteiger partial charge in [-0.25, -0.2) is 0 Å². The monoisotopic (exact) mass is 229 g/mol. The van der Waals surface area contributed by atoms with E-state index >= 15 is 0 Å². The molecule has 0 spiro atoms. The van der Waals surface area contributed by atoms with Crippen LogP contribution in [0.25, 0.3) is 0 Å². The molecule has 0 radical (unpaired) electrons. The van der Waals surface area contributed by atoms with Crippen LogP contribution in [0.3, 0.4) is 0 Å². The van der Waals surface area contributed by atoms with Crippen LogP contribution in [-0.2, 0) is 9.59 Å². The van der Waals surface area contributed by atoms with E-state index in [1.54, 1.807) is 13.8 Å². The Morgan fingerprint density at radius 2 is 1.50 bits per heavy atom. The van der Waals surface area contributed by atoms with E-state index in [2.05, 4.69) is 10.6 Å². The number of rotatable bonds is 5. The highest BCUT2D eigenvalue weighted by molar-refractivity contribution is 5.83. The van der Waals surface area contributed by atoms with E-state index in [1.807, 2.05) is 13.8 Å². The Bertz CT molecular complexity index is 267. The summed E-state index contributed by atoms with van der Waals surface area (Å²) in [7, 11) is 0. The zero-order chi connectivity index (χ0) is 13.0. The molecule has 0 atom stereocenters. The highest BCUT2D eigenvalue weighted by Crippen LogP contribution is 2.27. The molecule has 0 bridgehead atoms. The molecule has 0 saturated carbocycles. The molecule has 0 saturated heterocycles. The molecule has 4 N–H and O–H groups in total. The first-order valence-corrected chi connectivity index (χ1v) is 5.40. The molecule has 16 heavy (non-hydrogen) atoms. The fourth-order valence-corrected chi connectivity index (χ4v) is 0.928. The van der Waals surface area contributed by atoms with E-state index in [9.17, 15) is 9.59 Å². The predicted molar refractivity (Wildman–Crippen MR) is 63.7 cm³/mol. The lowest BCUT2D eigenvalue weighted by Gasteiger charge is -2.36. The summed E-state index contributed by atoms with van der Waals surface area (Å²) in [5.41, 5.74) is 4.69. The maximum absolute atomic E-state index is 11.9. The smallest absolute Gasteiger partial charge is 0.227 e. The molecule has 0 aliphatic carbocycles. The van der Waals surface area contributed by atoms with Gasteiger partial charge >= 0.3 is 0 Å². The molecule has 0 unspecified atom stereocenters. The minimum atomic E-state index is -0.650. The summed E-state index contributed by atoms with van der Waals surface area (Å²) in [6.45, 7) is 9.54. The topological polar surface area (TPSA) is 84.2 Å². The Balaban J connectivity index is 4.12. The van der Waals surface area contributed by atoms with Crippen molar-refractivity contribution in [1.29, 1.82) is 0 Å². The van der Waals surface area contributed by atoms with Gasteiger partial charge in [0.05, 0.1) is 5.41 Å². The second kappa shape index (κ2) is 5.30. The third-order valence-electron chi connectivity index (χ3n) is 2.96. The molecule has 0 fully saturated rings. The van der Waals surface area contributed by atoms with Crippen LogP contribution >= 0.6 is 0 Å². The van der Waals surface area contributed by atoms with Gasteiger partial charge in [-0.3, -0.25) is 9.59 Å². The second-order valence-electron chi connectivity index (χ2n) is 5.09. The lowest BCUT2D eigenvalue weighted by Crippen LogP contribution is -2.56. The second-order valence-corrected chi connectivity index (χ2v) is 5.09. The van der Waals surface area contributed by atoms with E-state index in [0.717, 1.165) is 0 Å². The Hall–Kier alpha value is -1.10. The number of nitrogens with two attached hydrogens (primary N) is 1. The third-order valence-corrected chi connectivity index (χ3v) is 2.96. The van der Waals surface area contributed by atoms with Gasteiger partial charge in [0.2, 0.25) is 11.8 Å². The molecular weight excluding hydrogens is 206 g/mol. The molecule has 5 heteroatoms. The fourth-order valence-electron chi connectivity index (χ4n) is 0.928. The molecule has 0 heterocycles. The minimum Gasteiger partial charge on any atom is -0.355 e. The highest BCUT2D eigenvalue weighted by atomic mass is 16.2. The van der Waals surface area contributed by atoms with Crippen LogP contribution in [0.5, 0.6) is 0 Å². The molecule has 0 aliphatic rings. The molecule has 0 aliphatic heterocycles. The van der Waals surface area contributed by atoms with Crippen molar-refractivity contribution < 1.29 is 9.59 Å². The lowest BCUT2D eigenvalue weighted by molar-refractivity contribution is -0.132. The van der Waals surface area contributed by atoms with E-state index in [1.165, 1.54) is 6.92 Å². The van der Waals surface area contributed by atoms with Gasteiger partial charge in [-0.15, -0.1) is 0 Å². The SMILES string of the molecule is CC(=O)NCCNC(=O)C(C)(C)C(C)(C)N. The number of amides is 2. The van der Waals surface area contributed by atoms with Gasteiger partial charge < -0.3 is 16.4 Å². The van der Waals surface area contributed by atoms with Crippen molar-refractivity contribution in [3.63, 3.8) is 0 Å². The predicted octanol–water partition coefficient (Wildman–Crippen LogP) is 0.00220. The molecule has 0 aromatic carbocycles. The first-order chi connectivity index (χ1) is 7.09. The van der Waals surface area contributed by atoms with Crippen LogP contribution < -0.4 is 16.4 Å². The van der Waals surface area contributed by atoms with E-state index < -0.39 is 11.0 Å². The van der Waals surface area contributed by atoms with Crippen molar-refractivity contribution in [3.05, 3.63) is 0 Å². The van der Waals surface area contributed by atoms with Crippen molar-refractivity contribution in [1.82, 2.24) is 10.6 Å². The summed E-state index contributed by atoms with van der Waals surface area (Å²) >= 11 is 0. The Kier molecular flexibility index (Phi) is 4.93. The van der Waals surface area contributed by atoms with Crippen LogP contribution in [-0.4, -0.2) is 30.4 Å². The summed E-state index contributed by atoms with van der Waals surface area (Å²) in [4.78, 5) is 22.5. The molecule has 0 rings (SSSR count). The molecule has 0 aromatic rings. The first kappa shape index (κ1) is 14.9. The van der Waals surface area contributed by atoms with Gasteiger partial charge in [0.1, 0.15) is 0 Å². The van der Waals surface area contributed by atoms with Crippen LogP contribution in [0.1, 0.15) is 34.6 Å².